The second kappa shape index (κ2) is 9.79. The zero-order chi connectivity index (χ0) is 23.5. The molecule has 6 nitrogen and oxygen atoms in total. The summed E-state index contributed by atoms with van der Waals surface area (Å²) >= 11 is 0. The fourth-order valence-electron chi connectivity index (χ4n) is 4.91. The number of piperidine rings is 1. The predicted molar refractivity (Wildman–Crippen MR) is 132 cm³/mol. The number of benzene rings is 2. The molecule has 0 N–H and O–H groups in total. The summed E-state index contributed by atoms with van der Waals surface area (Å²) in [6.07, 6.45) is 4.64. The van der Waals surface area contributed by atoms with Crippen LogP contribution in [0.15, 0.2) is 53.5 Å². The number of carbonyl (C=O) groups is 1. The smallest absolute Gasteiger partial charge is 0.263 e. The minimum atomic E-state index is -0.0407. The van der Waals surface area contributed by atoms with Crippen molar-refractivity contribution in [2.45, 2.75) is 32.7 Å². The largest absolute Gasteiger partial charge is 0.495 e. The van der Waals surface area contributed by atoms with Crippen LogP contribution in [-0.4, -0.2) is 54.6 Å². The van der Waals surface area contributed by atoms with Crippen LogP contribution >= 0.6 is 0 Å². The van der Waals surface area contributed by atoms with Crippen molar-refractivity contribution < 1.29 is 9.53 Å². The van der Waals surface area contributed by atoms with Crippen LogP contribution < -0.4 is 10.3 Å². The SMILES string of the molecule is COc1ccc(CN(C)C)c(CC2CCN(C(C)=O)CC2)c1-n1ccc2ccccc2c1=O. The monoisotopic (exact) mass is 447 g/mol. The van der Waals surface area contributed by atoms with Gasteiger partial charge in [-0.15, -0.1) is 0 Å². The number of rotatable bonds is 6. The molecular weight excluding hydrogens is 414 g/mol. The van der Waals surface area contributed by atoms with Crippen LogP contribution in [0.3, 0.4) is 0 Å². The number of likely N-dealkylation sites (tertiary alicyclic amines) is 1. The Bertz CT molecular complexity index is 1210. The number of methoxy groups -OCH3 is 1. The van der Waals surface area contributed by atoms with E-state index in [1.807, 2.05) is 47.5 Å². The Kier molecular flexibility index (Phi) is 6.84. The number of hydrogen-bond acceptors (Lipinski definition) is 4. The highest BCUT2D eigenvalue weighted by molar-refractivity contribution is 5.81. The molecule has 1 aliphatic rings. The first-order valence-corrected chi connectivity index (χ1v) is 11.6. The van der Waals surface area contributed by atoms with Gasteiger partial charge in [-0.1, -0.05) is 24.3 Å². The summed E-state index contributed by atoms with van der Waals surface area (Å²) in [6, 6.07) is 13.8. The maximum Gasteiger partial charge on any atom is 0.263 e. The molecule has 0 unspecified atom stereocenters. The van der Waals surface area contributed by atoms with Crippen LogP contribution in [-0.2, 0) is 17.8 Å². The summed E-state index contributed by atoms with van der Waals surface area (Å²) in [5.41, 5.74) is 3.15. The van der Waals surface area contributed by atoms with Gasteiger partial charge in [-0.05, 0) is 74.0 Å². The number of nitrogens with zero attached hydrogens (tertiary/aromatic N) is 3. The molecule has 1 fully saturated rings. The van der Waals surface area contributed by atoms with E-state index in [4.69, 9.17) is 4.74 Å². The van der Waals surface area contributed by atoms with Crippen molar-refractivity contribution in [2.75, 3.05) is 34.3 Å². The molecular formula is C27H33N3O3. The molecule has 6 heteroatoms. The number of hydrogen-bond donors (Lipinski definition) is 0. The van der Waals surface area contributed by atoms with Gasteiger partial charge in [0.05, 0.1) is 12.8 Å². The van der Waals surface area contributed by atoms with E-state index in [2.05, 4.69) is 25.1 Å². The molecule has 3 aromatic rings. The van der Waals surface area contributed by atoms with Crippen molar-refractivity contribution in [3.05, 3.63) is 70.1 Å². The van der Waals surface area contributed by atoms with Crippen molar-refractivity contribution in [1.29, 1.82) is 0 Å². The fourth-order valence-corrected chi connectivity index (χ4v) is 4.91. The number of fused-ring (bicyclic) bond motifs is 1. The van der Waals surface area contributed by atoms with E-state index in [0.717, 1.165) is 55.5 Å². The fraction of sp³-hybridized carbons (Fsp3) is 0.407. The first kappa shape index (κ1) is 23.1. The standard InChI is InChI=1S/C27H33N3O3/c1-19(31)29-14-11-20(12-15-29)17-24-22(18-28(2)3)9-10-25(33-4)26(24)30-16-13-21-7-5-6-8-23(21)27(30)32/h5-10,13,16,20H,11-12,14-15,17-18H2,1-4H3. The van der Waals surface area contributed by atoms with Gasteiger partial charge < -0.3 is 14.5 Å². The summed E-state index contributed by atoms with van der Waals surface area (Å²) in [6.45, 7) is 4.00. The normalized spacial score (nSPS) is 14.8. The van der Waals surface area contributed by atoms with Gasteiger partial charge >= 0.3 is 0 Å². The number of aromatic nitrogens is 1. The van der Waals surface area contributed by atoms with E-state index >= 15 is 0 Å². The Hall–Kier alpha value is -3.12. The van der Waals surface area contributed by atoms with Crippen molar-refractivity contribution in [3.63, 3.8) is 0 Å². The number of amides is 1. The highest BCUT2D eigenvalue weighted by Gasteiger charge is 2.25. The van der Waals surface area contributed by atoms with Crippen LogP contribution in [0.25, 0.3) is 16.5 Å². The lowest BCUT2D eigenvalue weighted by Gasteiger charge is -2.32. The summed E-state index contributed by atoms with van der Waals surface area (Å²) in [5.74, 6) is 1.29. The van der Waals surface area contributed by atoms with Crippen molar-refractivity contribution in [2.24, 2.45) is 5.92 Å². The first-order valence-electron chi connectivity index (χ1n) is 11.6. The Morgan fingerprint density at radius 2 is 1.82 bits per heavy atom. The zero-order valence-corrected chi connectivity index (χ0v) is 20.0. The van der Waals surface area contributed by atoms with Gasteiger partial charge in [0.1, 0.15) is 5.75 Å². The minimum Gasteiger partial charge on any atom is -0.495 e. The summed E-state index contributed by atoms with van der Waals surface area (Å²) in [7, 11) is 5.77. The van der Waals surface area contributed by atoms with Crippen LogP contribution in [0.4, 0.5) is 0 Å². The molecule has 1 aromatic heterocycles. The summed E-state index contributed by atoms with van der Waals surface area (Å²) in [5, 5.41) is 1.63. The van der Waals surface area contributed by atoms with Gasteiger partial charge in [-0.2, -0.15) is 0 Å². The number of ether oxygens (including phenoxy) is 1. The minimum absolute atomic E-state index is 0.0407. The van der Waals surface area contributed by atoms with E-state index in [-0.39, 0.29) is 11.5 Å². The Morgan fingerprint density at radius 3 is 2.48 bits per heavy atom. The van der Waals surface area contributed by atoms with Crippen molar-refractivity contribution in [1.82, 2.24) is 14.4 Å². The lowest BCUT2D eigenvalue weighted by Crippen LogP contribution is -2.37. The number of pyridine rings is 1. The summed E-state index contributed by atoms with van der Waals surface area (Å²) in [4.78, 5) is 29.4. The topological polar surface area (TPSA) is 54.8 Å². The van der Waals surface area contributed by atoms with Crippen LogP contribution in [0.2, 0.25) is 0 Å². The molecule has 174 valence electrons. The van der Waals surface area contributed by atoms with Gasteiger partial charge in [0.2, 0.25) is 5.91 Å². The molecule has 0 atom stereocenters. The van der Waals surface area contributed by atoms with E-state index in [9.17, 15) is 9.59 Å². The van der Waals surface area contributed by atoms with Gasteiger partial charge in [-0.25, -0.2) is 0 Å². The van der Waals surface area contributed by atoms with Gasteiger partial charge in [0.25, 0.3) is 5.56 Å². The quantitative estimate of drug-likeness (QED) is 0.576. The van der Waals surface area contributed by atoms with Crippen molar-refractivity contribution in [3.8, 4) is 11.4 Å². The molecule has 0 saturated carbocycles. The molecule has 33 heavy (non-hydrogen) atoms. The molecule has 0 bridgehead atoms. The second-order valence-electron chi connectivity index (χ2n) is 9.22. The third kappa shape index (κ3) is 4.81. The Balaban J connectivity index is 1.83. The zero-order valence-electron chi connectivity index (χ0n) is 20.0. The third-order valence-electron chi connectivity index (χ3n) is 6.66. The maximum absolute atomic E-state index is 13.5. The lowest BCUT2D eigenvalue weighted by atomic mass is 9.87. The van der Waals surface area contributed by atoms with Crippen molar-refractivity contribution >= 4 is 16.7 Å². The maximum atomic E-state index is 13.5. The Labute approximate surface area is 195 Å². The van der Waals surface area contributed by atoms with E-state index in [0.29, 0.717) is 17.1 Å². The van der Waals surface area contributed by atoms with E-state index in [1.165, 1.54) is 5.56 Å². The average molecular weight is 448 g/mol. The molecule has 0 radical (unpaired) electrons. The molecule has 1 saturated heterocycles. The molecule has 0 spiro atoms. The molecule has 1 amide bonds. The average Bonchev–Trinajstić information content (AvgIpc) is 2.81. The molecule has 4 rings (SSSR count). The second-order valence-corrected chi connectivity index (χ2v) is 9.22. The lowest BCUT2D eigenvalue weighted by molar-refractivity contribution is -0.130. The molecule has 0 aliphatic carbocycles. The Morgan fingerprint density at radius 1 is 1.09 bits per heavy atom. The third-order valence-corrected chi connectivity index (χ3v) is 6.66. The van der Waals surface area contributed by atoms with Gasteiger partial charge in [0.15, 0.2) is 0 Å². The van der Waals surface area contributed by atoms with Crippen LogP contribution in [0.1, 0.15) is 30.9 Å². The van der Waals surface area contributed by atoms with Crippen LogP contribution in [0, 0.1) is 5.92 Å². The van der Waals surface area contributed by atoms with E-state index in [1.54, 1.807) is 18.6 Å². The summed E-state index contributed by atoms with van der Waals surface area (Å²) < 4.78 is 7.53. The van der Waals surface area contributed by atoms with Gasteiger partial charge in [-0.3, -0.25) is 14.2 Å². The number of carbonyl (C=O) groups excluding carboxylic acids is 1. The van der Waals surface area contributed by atoms with Gasteiger partial charge in [0, 0.05) is 38.1 Å². The molecule has 2 aromatic carbocycles. The first-order chi connectivity index (χ1) is 15.9. The van der Waals surface area contributed by atoms with Crippen LogP contribution in [0.5, 0.6) is 5.75 Å². The highest BCUT2D eigenvalue weighted by atomic mass is 16.5. The predicted octanol–water partition coefficient (Wildman–Crippen LogP) is 3.86. The molecule has 1 aliphatic heterocycles. The molecule has 2 heterocycles. The highest BCUT2D eigenvalue weighted by Crippen LogP contribution is 2.34. The van der Waals surface area contributed by atoms with E-state index < -0.39 is 0 Å².